The molecule has 3 heteroatoms. The number of nitriles is 1. The molecule has 1 N–H and O–H groups in total. The lowest BCUT2D eigenvalue weighted by molar-refractivity contribution is 0.809. The standard InChI is InChI=1S/C7H11N3/c1-4-6(2)10-7(5-8)9-3/h4,6H,1H2,2-3H3,(H,9,10). The van der Waals surface area contributed by atoms with Gasteiger partial charge in [0.15, 0.2) is 0 Å². The average molecular weight is 137 g/mol. The van der Waals surface area contributed by atoms with E-state index < -0.39 is 0 Å². The van der Waals surface area contributed by atoms with Gasteiger partial charge in [0.1, 0.15) is 6.07 Å². The Kier molecular flexibility index (Phi) is 3.97. The molecule has 10 heavy (non-hydrogen) atoms. The zero-order valence-corrected chi connectivity index (χ0v) is 6.26. The van der Waals surface area contributed by atoms with E-state index in [1.165, 1.54) is 0 Å². The molecule has 0 aromatic rings. The summed E-state index contributed by atoms with van der Waals surface area (Å²) in [6.45, 7) is 5.45. The highest BCUT2D eigenvalue weighted by molar-refractivity contribution is 5.96. The highest BCUT2D eigenvalue weighted by atomic mass is 15.0. The van der Waals surface area contributed by atoms with Crippen LogP contribution in [0.25, 0.3) is 0 Å². The van der Waals surface area contributed by atoms with Crippen LogP contribution in [0.15, 0.2) is 17.6 Å². The van der Waals surface area contributed by atoms with Gasteiger partial charge >= 0.3 is 0 Å². The fourth-order valence-corrected chi connectivity index (χ4v) is 0.421. The van der Waals surface area contributed by atoms with Crippen molar-refractivity contribution in [2.75, 3.05) is 7.05 Å². The van der Waals surface area contributed by atoms with Crippen LogP contribution in [0, 0.1) is 11.3 Å². The second-order valence-electron chi connectivity index (χ2n) is 1.85. The minimum atomic E-state index is 0.0957. The van der Waals surface area contributed by atoms with Gasteiger partial charge in [-0.25, -0.2) is 0 Å². The molecule has 54 valence electrons. The van der Waals surface area contributed by atoms with Crippen LogP contribution in [-0.4, -0.2) is 18.9 Å². The molecule has 3 nitrogen and oxygen atoms in total. The van der Waals surface area contributed by atoms with Crippen molar-refractivity contribution in [3.05, 3.63) is 12.7 Å². The Balaban J connectivity index is 3.90. The molecule has 0 aliphatic rings. The van der Waals surface area contributed by atoms with Crippen LogP contribution in [-0.2, 0) is 0 Å². The van der Waals surface area contributed by atoms with Crippen molar-refractivity contribution < 1.29 is 0 Å². The number of hydrogen-bond acceptors (Lipinski definition) is 2. The first-order valence-corrected chi connectivity index (χ1v) is 3.00. The Labute approximate surface area is 61.1 Å². The summed E-state index contributed by atoms with van der Waals surface area (Å²) >= 11 is 0. The third kappa shape index (κ3) is 2.88. The molecular weight excluding hydrogens is 126 g/mol. The van der Waals surface area contributed by atoms with Gasteiger partial charge in [-0.15, -0.1) is 6.58 Å². The molecule has 0 amide bonds. The SMILES string of the molecule is C=CC(C)N/C(C#N)=N\C. The molecule has 0 heterocycles. The quantitative estimate of drug-likeness (QED) is 0.346. The van der Waals surface area contributed by atoms with Crippen molar-refractivity contribution >= 4 is 5.84 Å². The number of nitrogens with zero attached hydrogens (tertiary/aromatic N) is 2. The van der Waals surface area contributed by atoms with E-state index in [-0.39, 0.29) is 6.04 Å². The molecule has 0 radical (unpaired) electrons. The maximum Gasteiger partial charge on any atom is 0.201 e. The molecule has 0 aromatic carbocycles. The lowest BCUT2D eigenvalue weighted by Gasteiger charge is -2.05. The van der Waals surface area contributed by atoms with Gasteiger partial charge in [-0.2, -0.15) is 5.26 Å². The molecule has 0 saturated heterocycles. The second-order valence-corrected chi connectivity index (χ2v) is 1.85. The summed E-state index contributed by atoms with van der Waals surface area (Å²) in [4.78, 5) is 3.69. The summed E-state index contributed by atoms with van der Waals surface area (Å²) in [5.74, 6) is 0.340. The summed E-state index contributed by atoms with van der Waals surface area (Å²) in [7, 11) is 1.57. The van der Waals surface area contributed by atoms with Gasteiger partial charge in [0.25, 0.3) is 0 Å². The summed E-state index contributed by atoms with van der Waals surface area (Å²) in [6.07, 6.45) is 1.71. The van der Waals surface area contributed by atoms with E-state index >= 15 is 0 Å². The van der Waals surface area contributed by atoms with Crippen LogP contribution in [0.4, 0.5) is 0 Å². The molecule has 0 fully saturated rings. The van der Waals surface area contributed by atoms with Crippen molar-refractivity contribution in [2.45, 2.75) is 13.0 Å². The number of nitrogens with one attached hydrogen (secondary N) is 1. The minimum Gasteiger partial charge on any atom is -0.356 e. The summed E-state index contributed by atoms with van der Waals surface area (Å²) in [5.41, 5.74) is 0. The topological polar surface area (TPSA) is 48.2 Å². The Bertz CT molecular complexity index is 176. The number of rotatable bonds is 2. The first-order valence-electron chi connectivity index (χ1n) is 3.00. The lowest BCUT2D eigenvalue weighted by atomic mass is 10.3. The van der Waals surface area contributed by atoms with E-state index in [4.69, 9.17) is 5.26 Å². The molecule has 0 bridgehead atoms. The number of aliphatic imine (C=N–C) groups is 1. The Morgan fingerprint density at radius 2 is 2.50 bits per heavy atom. The lowest BCUT2D eigenvalue weighted by Crippen LogP contribution is -2.29. The Morgan fingerprint density at radius 3 is 2.80 bits per heavy atom. The van der Waals surface area contributed by atoms with E-state index in [9.17, 15) is 0 Å². The van der Waals surface area contributed by atoms with Crippen molar-refractivity contribution in [2.24, 2.45) is 4.99 Å². The van der Waals surface area contributed by atoms with Gasteiger partial charge in [-0.3, -0.25) is 4.99 Å². The maximum atomic E-state index is 8.39. The molecule has 0 rings (SSSR count). The monoisotopic (exact) mass is 137 g/mol. The van der Waals surface area contributed by atoms with Gasteiger partial charge in [0, 0.05) is 13.1 Å². The predicted octanol–water partition coefficient (Wildman–Crippen LogP) is 0.702. The van der Waals surface area contributed by atoms with Crippen molar-refractivity contribution in [3.8, 4) is 6.07 Å². The minimum absolute atomic E-state index is 0.0957. The highest BCUT2D eigenvalue weighted by Crippen LogP contribution is 1.81. The van der Waals surface area contributed by atoms with Crippen LogP contribution in [0.3, 0.4) is 0 Å². The highest BCUT2D eigenvalue weighted by Gasteiger charge is 1.97. The van der Waals surface area contributed by atoms with Crippen LogP contribution >= 0.6 is 0 Å². The largest absolute Gasteiger partial charge is 0.356 e. The van der Waals surface area contributed by atoms with Crippen LogP contribution in [0.5, 0.6) is 0 Å². The molecule has 0 aliphatic heterocycles. The molecule has 0 spiro atoms. The normalized spacial score (nSPS) is 13.5. The summed E-state index contributed by atoms with van der Waals surface area (Å²) in [5, 5.41) is 11.2. The van der Waals surface area contributed by atoms with Gasteiger partial charge in [0.2, 0.25) is 5.84 Å². The zero-order chi connectivity index (χ0) is 7.98. The fourth-order valence-electron chi connectivity index (χ4n) is 0.421. The zero-order valence-electron chi connectivity index (χ0n) is 6.26. The van der Waals surface area contributed by atoms with E-state index in [1.54, 1.807) is 13.1 Å². The average Bonchev–Trinajstić information content (AvgIpc) is 1.99. The van der Waals surface area contributed by atoms with Crippen molar-refractivity contribution in [1.29, 1.82) is 5.26 Å². The molecule has 1 unspecified atom stereocenters. The van der Waals surface area contributed by atoms with Gasteiger partial charge in [0.05, 0.1) is 0 Å². The van der Waals surface area contributed by atoms with Crippen molar-refractivity contribution in [3.63, 3.8) is 0 Å². The van der Waals surface area contributed by atoms with E-state index in [2.05, 4.69) is 16.9 Å². The molecule has 0 saturated carbocycles. The summed E-state index contributed by atoms with van der Waals surface area (Å²) < 4.78 is 0. The maximum absolute atomic E-state index is 8.39. The third-order valence-electron chi connectivity index (χ3n) is 1.05. The Hall–Kier alpha value is -1.30. The van der Waals surface area contributed by atoms with Gasteiger partial charge in [-0.1, -0.05) is 6.08 Å². The van der Waals surface area contributed by atoms with E-state index in [0.29, 0.717) is 5.84 Å². The van der Waals surface area contributed by atoms with Crippen molar-refractivity contribution in [1.82, 2.24) is 5.32 Å². The smallest absolute Gasteiger partial charge is 0.201 e. The number of hydrogen-bond donors (Lipinski definition) is 1. The Morgan fingerprint density at radius 1 is 1.90 bits per heavy atom. The number of amidine groups is 1. The second kappa shape index (κ2) is 4.57. The van der Waals surface area contributed by atoms with Gasteiger partial charge in [-0.05, 0) is 6.92 Å². The summed E-state index contributed by atoms with van der Waals surface area (Å²) in [6, 6.07) is 2.00. The van der Waals surface area contributed by atoms with Gasteiger partial charge < -0.3 is 5.32 Å². The first kappa shape index (κ1) is 8.70. The molecular formula is C7H11N3. The third-order valence-corrected chi connectivity index (χ3v) is 1.05. The fraction of sp³-hybridized carbons (Fsp3) is 0.429. The van der Waals surface area contributed by atoms with Crippen LogP contribution < -0.4 is 5.32 Å². The van der Waals surface area contributed by atoms with E-state index in [0.717, 1.165) is 0 Å². The molecule has 1 atom stereocenters. The predicted molar refractivity (Wildman–Crippen MR) is 41.8 cm³/mol. The van der Waals surface area contributed by atoms with E-state index in [1.807, 2.05) is 13.0 Å². The van der Waals surface area contributed by atoms with Crippen LogP contribution in [0.1, 0.15) is 6.92 Å². The molecule has 0 aliphatic carbocycles. The first-order chi connectivity index (χ1) is 4.74. The molecule has 0 aromatic heterocycles. The van der Waals surface area contributed by atoms with Crippen LogP contribution in [0.2, 0.25) is 0 Å².